The first-order valence-electron chi connectivity index (χ1n) is 16.6. The number of benzene rings is 3. The molecule has 0 radical (unpaired) electrons. The van der Waals surface area contributed by atoms with Gasteiger partial charge in [-0.15, -0.1) is 0 Å². The van der Waals surface area contributed by atoms with Gasteiger partial charge in [-0.1, -0.05) is 42.8 Å². The second kappa shape index (κ2) is 16.4. The van der Waals surface area contributed by atoms with E-state index >= 15 is 0 Å². The van der Waals surface area contributed by atoms with Crippen molar-refractivity contribution in [3.05, 3.63) is 95.6 Å². The molecule has 12 heteroatoms. The monoisotopic (exact) mass is 693 g/mol. The Morgan fingerprint density at radius 3 is 1.98 bits per heavy atom. The number of nitrogens with zero attached hydrogens (tertiary/aromatic N) is 1. The largest absolute Gasteiger partial charge is 0.444 e. The van der Waals surface area contributed by atoms with E-state index in [1.807, 2.05) is 13.8 Å². The molecule has 4 N–H and O–H groups in total. The van der Waals surface area contributed by atoms with Crippen molar-refractivity contribution in [1.82, 2.24) is 10.2 Å². The number of anilines is 3. The zero-order chi connectivity index (χ0) is 36.5. The summed E-state index contributed by atoms with van der Waals surface area (Å²) in [6.45, 7) is 12.0. The fourth-order valence-electron chi connectivity index (χ4n) is 5.63. The highest BCUT2D eigenvalue weighted by molar-refractivity contribution is 6.05. The molecule has 4 rings (SSSR count). The lowest BCUT2D eigenvalue weighted by atomic mass is 9.97. The van der Waals surface area contributed by atoms with Crippen molar-refractivity contribution < 1.29 is 32.3 Å². The Hall–Kier alpha value is -4.68. The minimum Gasteiger partial charge on any atom is -0.444 e. The Kier molecular flexibility index (Phi) is 12.5. The van der Waals surface area contributed by atoms with Crippen molar-refractivity contribution in [1.29, 1.82) is 0 Å². The summed E-state index contributed by atoms with van der Waals surface area (Å²) in [5, 5.41) is 11.7. The van der Waals surface area contributed by atoms with Gasteiger partial charge in [0.15, 0.2) is 0 Å². The number of halogens is 3. The summed E-state index contributed by atoms with van der Waals surface area (Å²) in [6, 6.07) is 17.4. The maximum absolute atomic E-state index is 13.7. The quantitative estimate of drug-likeness (QED) is 0.151. The van der Waals surface area contributed by atoms with Gasteiger partial charge in [0.25, 0.3) is 0 Å². The highest BCUT2D eigenvalue weighted by Gasteiger charge is 2.32. The minimum atomic E-state index is -4.48. The number of hydrogen-bond acceptors (Lipinski definition) is 6. The van der Waals surface area contributed by atoms with E-state index in [0.29, 0.717) is 29.0 Å². The predicted octanol–water partition coefficient (Wildman–Crippen LogP) is 8.24. The summed E-state index contributed by atoms with van der Waals surface area (Å²) in [5.74, 6) is -0.847. The van der Waals surface area contributed by atoms with E-state index in [1.54, 1.807) is 75.4 Å². The first-order chi connectivity index (χ1) is 23.5. The topological polar surface area (TPSA) is 112 Å². The Morgan fingerprint density at radius 1 is 0.800 bits per heavy atom. The van der Waals surface area contributed by atoms with Gasteiger partial charge in [-0.05, 0) is 114 Å². The van der Waals surface area contributed by atoms with Crippen LogP contribution in [0.25, 0.3) is 6.08 Å². The molecule has 1 heterocycles. The maximum Gasteiger partial charge on any atom is 0.416 e. The van der Waals surface area contributed by atoms with Crippen LogP contribution in [0.15, 0.2) is 78.9 Å². The van der Waals surface area contributed by atoms with Crippen LogP contribution in [-0.4, -0.2) is 53.6 Å². The molecule has 0 bridgehead atoms. The van der Waals surface area contributed by atoms with Gasteiger partial charge in [0.2, 0.25) is 11.8 Å². The molecule has 1 unspecified atom stereocenters. The minimum absolute atomic E-state index is 0.247. The lowest BCUT2D eigenvalue weighted by Gasteiger charge is -2.38. The number of para-hydroxylation sites is 2. The lowest BCUT2D eigenvalue weighted by molar-refractivity contribution is -0.137. The van der Waals surface area contributed by atoms with Crippen LogP contribution in [0.3, 0.4) is 0 Å². The van der Waals surface area contributed by atoms with Crippen molar-refractivity contribution in [3.8, 4) is 0 Å². The van der Waals surface area contributed by atoms with E-state index in [4.69, 9.17) is 4.74 Å². The second-order valence-corrected chi connectivity index (χ2v) is 14.0. The van der Waals surface area contributed by atoms with Crippen molar-refractivity contribution in [3.63, 3.8) is 0 Å². The molecule has 1 aliphatic rings. The average Bonchev–Trinajstić information content (AvgIpc) is 3.03. The van der Waals surface area contributed by atoms with Crippen molar-refractivity contribution in [2.24, 2.45) is 0 Å². The van der Waals surface area contributed by atoms with Gasteiger partial charge in [0.1, 0.15) is 11.6 Å². The number of piperidine rings is 1. The number of hydrogen-bond donors (Lipinski definition) is 4. The molecule has 3 aromatic rings. The van der Waals surface area contributed by atoms with Crippen LogP contribution in [0.4, 0.5) is 35.0 Å². The molecule has 268 valence electrons. The molecular formula is C38H46F3N5O4. The molecule has 0 saturated carbocycles. The van der Waals surface area contributed by atoms with Gasteiger partial charge in [-0.3, -0.25) is 20.2 Å². The summed E-state index contributed by atoms with van der Waals surface area (Å²) < 4.78 is 44.6. The van der Waals surface area contributed by atoms with Gasteiger partial charge >= 0.3 is 12.3 Å². The number of rotatable bonds is 11. The Balaban J connectivity index is 1.47. The standard InChI is InChI=1S/C38H46F3N5O4/c1-36(2,3)50-35(49)44-31-12-8-7-11-30(31)43-32(47)22-15-26-13-16-27(17-14-26)33(45-37(4,5)25-46-23-9-6-10-24-46)34(48)42-29-20-18-28(19-21-29)38(39,40)41/h7-8,11-22,33,45H,6,9-10,23-25H2,1-5H3,(H,42,48)(H,43,47)(H,44,49). The summed E-state index contributed by atoms with van der Waals surface area (Å²) in [4.78, 5) is 41.1. The third-order valence-electron chi connectivity index (χ3n) is 7.86. The molecule has 0 aliphatic carbocycles. The first kappa shape index (κ1) is 38.1. The van der Waals surface area contributed by atoms with E-state index in [2.05, 4.69) is 26.2 Å². The summed E-state index contributed by atoms with van der Waals surface area (Å²) in [5.41, 5.74) is 0.389. The molecule has 1 atom stereocenters. The number of amides is 3. The van der Waals surface area contributed by atoms with Crippen LogP contribution < -0.4 is 21.3 Å². The van der Waals surface area contributed by atoms with Gasteiger partial charge in [-0.25, -0.2) is 4.79 Å². The Labute approximate surface area is 291 Å². The van der Waals surface area contributed by atoms with E-state index in [0.717, 1.165) is 38.1 Å². The van der Waals surface area contributed by atoms with Gasteiger partial charge in [0.05, 0.1) is 16.9 Å². The number of ether oxygens (including phenoxy) is 1. The number of carbonyl (C=O) groups is 3. The summed E-state index contributed by atoms with van der Waals surface area (Å²) >= 11 is 0. The van der Waals surface area contributed by atoms with Crippen LogP contribution >= 0.6 is 0 Å². The van der Waals surface area contributed by atoms with E-state index in [1.165, 1.54) is 24.6 Å². The zero-order valence-electron chi connectivity index (χ0n) is 29.1. The number of likely N-dealkylation sites (tertiary alicyclic amines) is 1. The number of nitrogens with one attached hydrogen (secondary N) is 4. The van der Waals surface area contributed by atoms with Crippen LogP contribution in [0.1, 0.15) is 76.6 Å². The SMILES string of the molecule is CC(C)(CN1CCCCC1)NC(C(=O)Nc1ccc(C(F)(F)F)cc1)c1ccc(C=CC(=O)Nc2ccccc2NC(=O)OC(C)(C)C)cc1. The molecule has 50 heavy (non-hydrogen) atoms. The summed E-state index contributed by atoms with van der Waals surface area (Å²) in [7, 11) is 0. The molecule has 3 aromatic carbocycles. The third kappa shape index (κ3) is 12.0. The summed E-state index contributed by atoms with van der Waals surface area (Å²) in [6.07, 6.45) is 1.29. The van der Waals surface area contributed by atoms with E-state index in [-0.39, 0.29) is 5.69 Å². The molecule has 0 spiro atoms. The predicted molar refractivity (Wildman–Crippen MR) is 191 cm³/mol. The first-order valence-corrected chi connectivity index (χ1v) is 16.6. The maximum atomic E-state index is 13.7. The van der Waals surface area contributed by atoms with Crippen LogP contribution in [0.2, 0.25) is 0 Å². The highest BCUT2D eigenvalue weighted by Crippen LogP contribution is 2.30. The van der Waals surface area contributed by atoms with Crippen molar-refractivity contribution in [2.45, 2.75) is 77.2 Å². The van der Waals surface area contributed by atoms with Gasteiger partial charge in [-0.2, -0.15) is 13.2 Å². The Morgan fingerprint density at radius 2 is 1.40 bits per heavy atom. The molecule has 1 aliphatic heterocycles. The van der Waals surface area contributed by atoms with Crippen LogP contribution in [0, 0.1) is 0 Å². The number of carbonyl (C=O) groups excluding carboxylic acids is 3. The molecule has 9 nitrogen and oxygen atoms in total. The number of alkyl halides is 3. The van der Waals surface area contributed by atoms with Gasteiger partial charge in [0, 0.05) is 23.8 Å². The highest BCUT2D eigenvalue weighted by atomic mass is 19.4. The van der Waals surface area contributed by atoms with Crippen LogP contribution in [-0.2, 0) is 20.5 Å². The van der Waals surface area contributed by atoms with E-state index < -0.39 is 46.8 Å². The molecule has 1 fully saturated rings. The van der Waals surface area contributed by atoms with Crippen molar-refractivity contribution in [2.75, 3.05) is 35.6 Å². The van der Waals surface area contributed by atoms with Crippen molar-refractivity contribution >= 4 is 41.0 Å². The molecule has 1 saturated heterocycles. The second-order valence-electron chi connectivity index (χ2n) is 14.0. The van der Waals surface area contributed by atoms with E-state index in [9.17, 15) is 27.6 Å². The average molecular weight is 694 g/mol. The smallest absolute Gasteiger partial charge is 0.416 e. The lowest BCUT2D eigenvalue weighted by Crippen LogP contribution is -2.53. The van der Waals surface area contributed by atoms with Gasteiger partial charge < -0.3 is 20.3 Å². The molecular weight excluding hydrogens is 647 g/mol. The fourth-order valence-corrected chi connectivity index (χ4v) is 5.63. The zero-order valence-corrected chi connectivity index (χ0v) is 29.1. The molecule has 0 aromatic heterocycles. The fraction of sp³-hybridized carbons (Fsp3) is 0.395. The van der Waals surface area contributed by atoms with Crippen LogP contribution in [0.5, 0.6) is 0 Å². The third-order valence-corrected chi connectivity index (χ3v) is 7.86. The normalized spacial score (nSPS) is 15.0. The molecule has 3 amide bonds. The Bertz CT molecular complexity index is 1640.